The third-order valence-electron chi connectivity index (χ3n) is 6.35. The molecule has 2 aromatic heterocycles. The van der Waals surface area contributed by atoms with Gasteiger partial charge in [-0.2, -0.15) is 0 Å². The fraction of sp³-hybridized carbons (Fsp3) is 0.200. The van der Waals surface area contributed by atoms with Crippen molar-refractivity contribution in [3.8, 4) is 39.4 Å². The maximum Gasteiger partial charge on any atom is 0.127 e. The minimum absolute atomic E-state index is 0. The third-order valence-corrected chi connectivity index (χ3v) is 6.35. The number of phenolic OH excluding ortho intramolecular Hbond substituents is 1. The molecule has 0 aliphatic heterocycles. The van der Waals surface area contributed by atoms with Gasteiger partial charge in [-0.1, -0.05) is 74.9 Å². The molecule has 0 aliphatic rings. The van der Waals surface area contributed by atoms with Crippen LogP contribution in [0.2, 0.25) is 0 Å². The first kappa shape index (κ1) is 24.4. The van der Waals surface area contributed by atoms with Crippen molar-refractivity contribution in [3.63, 3.8) is 0 Å². The van der Waals surface area contributed by atoms with Crippen molar-refractivity contribution in [1.82, 2.24) is 9.97 Å². The molecule has 201 valence electrons. The minimum atomic E-state index is -2.30. The molecule has 0 saturated heterocycles. The van der Waals surface area contributed by atoms with Crippen LogP contribution >= 0.6 is 0 Å². The molecule has 0 saturated carbocycles. The van der Waals surface area contributed by atoms with Crippen molar-refractivity contribution < 1.29 is 30.7 Å². The maximum atomic E-state index is 9.94. The molecule has 5 rings (SSSR count). The summed E-state index contributed by atoms with van der Waals surface area (Å²) in [6.45, 7) is 7.02. The Bertz CT molecular complexity index is 1680. The topological polar surface area (TPSA) is 46.0 Å². The zero-order chi connectivity index (χ0) is 30.7. The van der Waals surface area contributed by atoms with E-state index in [0.29, 0.717) is 17.0 Å². The largest absolute Gasteiger partial charge is 0.507 e. The Labute approximate surface area is 252 Å². The van der Waals surface area contributed by atoms with E-state index < -0.39 is 12.7 Å². The average molecular weight is 696 g/mol. The number of phenols is 1. The maximum absolute atomic E-state index is 9.94. The Morgan fingerprint density at radius 1 is 0.821 bits per heavy atom. The Morgan fingerprint density at radius 2 is 1.56 bits per heavy atom. The van der Waals surface area contributed by atoms with Gasteiger partial charge in [0.05, 0.1) is 5.69 Å². The van der Waals surface area contributed by atoms with Crippen molar-refractivity contribution in [1.29, 1.82) is 0 Å². The quantitative estimate of drug-likeness (QED) is 0.191. The van der Waals surface area contributed by atoms with Crippen molar-refractivity contribution in [2.75, 3.05) is 0 Å². The van der Waals surface area contributed by atoms with Crippen LogP contribution in [0.15, 0.2) is 91.3 Å². The van der Waals surface area contributed by atoms with E-state index in [1.807, 2.05) is 81.4 Å². The van der Waals surface area contributed by atoms with Crippen LogP contribution in [0.3, 0.4) is 0 Å². The fourth-order valence-corrected chi connectivity index (χ4v) is 4.33. The molecule has 0 aliphatic carbocycles. The number of aryl methyl sites for hydroxylation is 4. The van der Waals surface area contributed by atoms with Crippen LogP contribution in [0.5, 0.6) is 5.75 Å². The number of aromatic hydroxyl groups is 1. The van der Waals surface area contributed by atoms with Gasteiger partial charge in [-0.25, -0.2) is 0 Å². The second-order valence-electron chi connectivity index (χ2n) is 9.62. The summed E-state index contributed by atoms with van der Waals surface area (Å²) in [4.78, 5) is 8.61. The summed E-state index contributed by atoms with van der Waals surface area (Å²) in [7, 11) is 0. The second kappa shape index (κ2) is 13.5. The van der Waals surface area contributed by atoms with E-state index in [1.54, 1.807) is 26.1 Å². The number of rotatable bonds is 4. The first-order valence-corrected chi connectivity index (χ1v) is 12.6. The summed E-state index contributed by atoms with van der Waals surface area (Å²) in [5, 5.41) is 9.94. The van der Waals surface area contributed by atoms with Crippen LogP contribution < -0.4 is 0 Å². The summed E-state index contributed by atoms with van der Waals surface area (Å²) in [5.41, 5.74) is 8.90. The molecule has 5 aromatic rings. The molecular formula is C35H35IrN2O-. The van der Waals surface area contributed by atoms with Gasteiger partial charge >= 0.3 is 0 Å². The molecule has 39 heavy (non-hydrogen) atoms. The van der Waals surface area contributed by atoms with Gasteiger partial charge in [0.2, 0.25) is 0 Å². The van der Waals surface area contributed by atoms with E-state index in [0.717, 1.165) is 44.6 Å². The van der Waals surface area contributed by atoms with Gasteiger partial charge in [-0.3, -0.25) is 4.98 Å². The van der Waals surface area contributed by atoms with E-state index in [4.69, 9.17) is 5.48 Å². The summed E-state index contributed by atoms with van der Waals surface area (Å²) in [5.74, 6) is -0.728. The number of hydrogen-bond acceptors (Lipinski definition) is 3. The van der Waals surface area contributed by atoms with E-state index in [9.17, 15) is 5.11 Å². The van der Waals surface area contributed by atoms with Crippen LogP contribution in [-0.4, -0.2) is 15.1 Å². The molecule has 0 spiro atoms. The molecule has 0 amide bonds. The molecule has 1 N–H and O–H groups in total. The van der Waals surface area contributed by atoms with Gasteiger partial charge in [-0.15, -0.1) is 29.3 Å². The number of aromatic nitrogens is 2. The molecule has 3 aromatic carbocycles. The molecular weight excluding hydrogens is 657 g/mol. The van der Waals surface area contributed by atoms with Crippen LogP contribution in [0.25, 0.3) is 33.6 Å². The molecule has 0 unspecified atom stereocenters. The first-order valence-electron chi connectivity index (χ1n) is 14.6. The zero-order valence-corrected chi connectivity index (χ0v) is 25.2. The van der Waals surface area contributed by atoms with Crippen molar-refractivity contribution >= 4 is 0 Å². The van der Waals surface area contributed by atoms with Gasteiger partial charge in [-0.05, 0) is 78.3 Å². The molecule has 1 radical (unpaired) electrons. The van der Waals surface area contributed by atoms with E-state index in [2.05, 4.69) is 28.2 Å². The number of benzene rings is 3. The molecule has 3 nitrogen and oxygen atoms in total. The monoisotopic (exact) mass is 696 g/mol. The van der Waals surface area contributed by atoms with Crippen LogP contribution in [0.4, 0.5) is 0 Å². The number of hydrogen-bond donors (Lipinski definition) is 1. The summed E-state index contributed by atoms with van der Waals surface area (Å²) >= 11 is 0. The van der Waals surface area contributed by atoms with Crippen molar-refractivity contribution in [2.45, 2.75) is 47.4 Å². The Hall–Kier alpha value is -3.59. The predicted molar refractivity (Wildman–Crippen MR) is 158 cm³/mol. The van der Waals surface area contributed by atoms with Crippen LogP contribution in [0, 0.1) is 33.7 Å². The molecule has 2 heterocycles. The predicted octanol–water partition coefficient (Wildman–Crippen LogP) is 9.02. The second-order valence-corrected chi connectivity index (χ2v) is 9.62. The van der Waals surface area contributed by atoms with Gasteiger partial charge in [0.15, 0.2) is 0 Å². The van der Waals surface area contributed by atoms with Crippen LogP contribution in [0.1, 0.15) is 53.0 Å². The summed E-state index contributed by atoms with van der Waals surface area (Å²) in [6.07, 6.45) is 3.11. The van der Waals surface area contributed by atoms with E-state index in [1.165, 1.54) is 6.20 Å². The van der Waals surface area contributed by atoms with Crippen molar-refractivity contribution in [3.05, 3.63) is 125 Å². The number of nitrogens with zero attached hydrogens (tertiary/aromatic N) is 2. The average Bonchev–Trinajstić information content (AvgIpc) is 2.95. The van der Waals surface area contributed by atoms with Gasteiger partial charge in [0, 0.05) is 43.5 Å². The molecule has 0 fully saturated rings. The van der Waals surface area contributed by atoms with Crippen molar-refractivity contribution in [2.24, 2.45) is 0 Å². The first-order chi connectivity index (χ1) is 19.8. The number of pyridine rings is 2. The molecule has 4 heteroatoms. The Balaban J connectivity index is 0.000000268. The minimum Gasteiger partial charge on any atom is -0.507 e. The smallest absolute Gasteiger partial charge is 0.127 e. The summed E-state index contributed by atoms with van der Waals surface area (Å²) in [6, 6.07) is 28.5. The zero-order valence-electron chi connectivity index (χ0n) is 26.8. The Kier molecular flexibility index (Phi) is 8.44. The Morgan fingerprint density at radius 3 is 2.23 bits per heavy atom. The molecule has 0 atom stereocenters. The van der Waals surface area contributed by atoms with Crippen LogP contribution in [-0.2, 0) is 20.1 Å². The van der Waals surface area contributed by atoms with Gasteiger partial charge in [0.25, 0.3) is 0 Å². The fourth-order valence-electron chi connectivity index (χ4n) is 4.33. The third kappa shape index (κ3) is 7.29. The normalized spacial score (nSPS) is 12.5. The SMILES string of the molecule is Cc1cc(C)c(O)c(-c2ccccn2)c1.[2H]C([2H])([2H])c1cnc(-c2[c-]cc(C)c(-c3ccccc3)c2)cc1C([2H])(C)C.[Ir]. The van der Waals surface area contributed by atoms with Gasteiger partial charge in [0.1, 0.15) is 5.75 Å². The van der Waals surface area contributed by atoms with Gasteiger partial charge < -0.3 is 10.1 Å². The standard InChI is InChI=1S/C22H22N.C13H13NO.Ir/c1-15(2)20-13-22(23-14-17(20)4)19-11-10-16(3)21(12-19)18-8-6-5-7-9-18;1-9-7-10(2)13(15)11(8-9)12-5-3-4-6-14-12;/h5-10,12-15H,1-4H3;3-8,15H,1-2H3;/q-1;;/i4D3,15D;;. The van der Waals surface area contributed by atoms with E-state index in [-0.39, 0.29) is 25.7 Å². The van der Waals surface area contributed by atoms with E-state index >= 15 is 0 Å². The molecule has 0 bridgehead atoms. The summed E-state index contributed by atoms with van der Waals surface area (Å²) < 4.78 is 31.6.